The van der Waals surface area contributed by atoms with Crippen molar-refractivity contribution >= 4 is 38.5 Å². The van der Waals surface area contributed by atoms with Crippen LogP contribution >= 0.6 is 15.9 Å². The molecule has 0 bridgehead atoms. The van der Waals surface area contributed by atoms with Crippen LogP contribution in [0.25, 0.3) is 11.0 Å². The molecule has 1 aliphatic heterocycles. The van der Waals surface area contributed by atoms with Gasteiger partial charge >= 0.3 is 0 Å². The monoisotopic (exact) mass is 467 g/mol. The topological polar surface area (TPSA) is 83.3 Å². The number of aromatic nitrogens is 2. The van der Waals surface area contributed by atoms with Gasteiger partial charge < -0.3 is 14.8 Å². The first-order valence-electron chi connectivity index (χ1n) is 9.89. The molecule has 0 spiro atoms. The molecule has 154 valence electrons. The van der Waals surface area contributed by atoms with Gasteiger partial charge in [0.2, 0.25) is 5.88 Å². The number of hydrogen-bond donors (Lipinski definition) is 1. The number of halogens is 1. The average Bonchev–Trinajstić information content (AvgIpc) is 2.77. The molecule has 1 fully saturated rings. The van der Waals surface area contributed by atoms with Gasteiger partial charge in [0.15, 0.2) is 0 Å². The third kappa shape index (κ3) is 5.25. The number of nitriles is 1. The van der Waals surface area contributed by atoms with Crippen molar-refractivity contribution in [2.24, 2.45) is 0 Å². The summed E-state index contributed by atoms with van der Waals surface area (Å²) in [4.78, 5) is 11.5. The SMILES string of the molecule is N#Cc1cc2nc(OCCCN3CCOCC3)ccc2nc1Nc1cccc(Br)c1. The number of anilines is 2. The van der Waals surface area contributed by atoms with Crippen LogP contribution in [0.4, 0.5) is 11.5 Å². The second-order valence-electron chi connectivity index (χ2n) is 6.98. The number of nitrogens with zero attached hydrogens (tertiary/aromatic N) is 4. The molecule has 0 atom stereocenters. The van der Waals surface area contributed by atoms with Crippen LogP contribution in [-0.4, -0.2) is 54.3 Å². The number of benzene rings is 1. The van der Waals surface area contributed by atoms with Crippen molar-refractivity contribution in [3.63, 3.8) is 0 Å². The molecule has 8 heteroatoms. The second kappa shape index (κ2) is 9.85. The van der Waals surface area contributed by atoms with Crippen molar-refractivity contribution in [2.75, 3.05) is 44.8 Å². The Hall–Kier alpha value is -2.73. The highest BCUT2D eigenvalue weighted by atomic mass is 79.9. The van der Waals surface area contributed by atoms with Crippen molar-refractivity contribution in [3.05, 3.63) is 52.5 Å². The molecule has 0 unspecified atom stereocenters. The Bertz CT molecular complexity index is 1060. The lowest BCUT2D eigenvalue weighted by Crippen LogP contribution is -2.37. The number of ether oxygens (including phenoxy) is 2. The molecule has 0 aliphatic carbocycles. The van der Waals surface area contributed by atoms with Gasteiger partial charge in [0.05, 0.1) is 36.4 Å². The molecule has 0 saturated carbocycles. The zero-order chi connectivity index (χ0) is 20.8. The molecule has 3 heterocycles. The summed E-state index contributed by atoms with van der Waals surface area (Å²) in [7, 11) is 0. The number of hydrogen-bond acceptors (Lipinski definition) is 7. The minimum Gasteiger partial charge on any atom is -0.478 e. The fraction of sp³-hybridized carbons (Fsp3) is 0.318. The van der Waals surface area contributed by atoms with Crippen LogP contribution in [0.1, 0.15) is 12.0 Å². The smallest absolute Gasteiger partial charge is 0.213 e. The van der Waals surface area contributed by atoms with Crippen LogP contribution in [0, 0.1) is 11.3 Å². The fourth-order valence-electron chi connectivity index (χ4n) is 3.29. The van der Waals surface area contributed by atoms with Crippen molar-refractivity contribution < 1.29 is 9.47 Å². The van der Waals surface area contributed by atoms with Gasteiger partial charge in [0.1, 0.15) is 11.9 Å². The van der Waals surface area contributed by atoms with Gasteiger partial charge in [-0.2, -0.15) is 5.26 Å². The Labute approximate surface area is 183 Å². The third-order valence-corrected chi connectivity index (χ3v) is 5.32. The lowest BCUT2D eigenvalue weighted by molar-refractivity contribution is 0.0357. The molecule has 0 radical (unpaired) electrons. The third-order valence-electron chi connectivity index (χ3n) is 4.83. The Morgan fingerprint density at radius 2 is 2.00 bits per heavy atom. The van der Waals surface area contributed by atoms with Gasteiger partial charge in [-0.1, -0.05) is 22.0 Å². The summed E-state index contributed by atoms with van der Waals surface area (Å²) in [5, 5.41) is 12.8. The highest BCUT2D eigenvalue weighted by molar-refractivity contribution is 9.10. The van der Waals surface area contributed by atoms with Crippen LogP contribution in [0.5, 0.6) is 5.88 Å². The summed E-state index contributed by atoms with van der Waals surface area (Å²) in [6.45, 7) is 5.15. The number of pyridine rings is 2. The van der Waals surface area contributed by atoms with E-state index in [2.05, 4.69) is 42.2 Å². The zero-order valence-corrected chi connectivity index (χ0v) is 18.1. The lowest BCUT2D eigenvalue weighted by atomic mass is 10.2. The van der Waals surface area contributed by atoms with Gasteiger partial charge in [-0.3, -0.25) is 4.90 Å². The molecular weight excluding hydrogens is 446 g/mol. The van der Waals surface area contributed by atoms with E-state index in [-0.39, 0.29) is 0 Å². The van der Waals surface area contributed by atoms with Crippen molar-refractivity contribution in [2.45, 2.75) is 6.42 Å². The second-order valence-corrected chi connectivity index (χ2v) is 7.89. The highest BCUT2D eigenvalue weighted by Crippen LogP contribution is 2.25. The maximum atomic E-state index is 9.57. The number of nitrogens with one attached hydrogen (secondary N) is 1. The summed E-state index contributed by atoms with van der Waals surface area (Å²) in [6, 6.07) is 15.3. The van der Waals surface area contributed by atoms with E-state index in [0.717, 1.165) is 49.4 Å². The first kappa shape index (κ1) is 20.5. The lowest BCUT2D eigenvalue weighted by Gasteiger charge is -2.26. The van der Waals surface area contributed by atoms with Gasteiger partial charge in [-0.15, -0.1) is 0 Å². The van der Waals surface area contributed by atoms with E-state index in [1.807, 2.05) is 36.4 Å². The van der Waals surface area contributed by atoms with E-state index >= 15 is 0 Å². The molecule has 1 aromatic carbocycles. The molecule has 30 heavy (non-hydrogen) atoms. The Kier molecular flexibility index (Phi) is 6.74. The van der Waals surface area contributed by atoms with E-state index in [0.29, 0.717) is 34.9 Å². The Morgan fingerprint density at radius 3 is 2.80 bits per heavy atom. The van der Waals surface area contributed by atoms with Crippen molar-refractivity contribution in [3.8, 4) is 11.9 Å². The first-order chi connectivity index (χ1) is 14.7. The summed E-state index contributed by atoms with van der Waals surface area (Å²) < 4.78 is 12.1. The molecular formula is C22H22BrN5O2. The molecule has 3 aromatic rings. The minimum absolute atomic E-state index is 0.430. The maximum Gasteiger partial charge on any atom is 0.213 e. The molecule has 4 rings (SSSR count). The zero-order valence-electron chi connectivity index (χ0n) is 16.5. The van der Waals surface area contributed by atoms with Gasteiger partial charge in [0.25, 0.3) is 0 Å². The largest absolute Gasteiger partial charge is 0.478 e. The average molecular weight is 468 g/mol. The van der Waals surface area contributed by atoms with Crippen LogP contribution in [-0.2, 0) is 4.74 Å². The molecule has 1 N–H and O–H groups in total. The van der Waals surface area contributed by atoms with Crippen molar-refractivity contribution in [1.82, 2.24) is 14.9 Å². The summed E-state index contributed by atoms with van der Waals surface area (Å²) in [5.74, 6) is 1.05. The van der Waals surface area contributed by atoms with Gasteiger partial charge in [-0.05, 0) is 36.8 Å². The Morgan fingerprint density at radius 1 is 1.13 bits per heavy atom. The molecule has 2 aromatic heterocycles. The number of rotatable bonds is 7. The number of morpholine rings is 1. The predicted molar refractivity (Wildman–Crippen MR) is 119 cm³/mol. The van der Waals surface area contributed by atoms with Crippen LogP contribution < -0.4 is 10.1 Å². The van der Waals surface area contributed by atoms with E-state index < -0.39 is 0 Å². The molecule has 0 amide bonds. The molecule has 1 aliphatic rings. The fourth-order valence-corrected chi connectivity index (χ4v) is 3.69. The minimum atomic E-state index is 0.430. The van der Waals surface area contributed by atoms with Crippen LogP contribution in [0.2, 0.25) is 0 Å². The van der Waals surface area contributed by atoms with Crippen LogP contribution in [0.3, 0.4) is 0 Å². The quantitative estimate of drug-likeness (QED) is 0.523. The summed E-state index contributed by atoms with van der Waals surface area (Å²) >= 11 is 3.45. The van der Waals surface area contributed by atoms with Crippen molar-refractivity contribution in [1.29, 1.82) is 5.26 Å². The highest BCUT2D eigenvalue weighted by Gasteiger charge is 2.11. The van der Waals surface area contributed by atoms with Gasteiger partial charge in [0, 0.05) is 35.9 Å². The van der Waals surface area contributed by atoms with Gasteiger partial charge in [-0.25, -0.2) is 9.97 Å². The van der Waals surface area contributed by atoms with Crippen LogP contribution in [0.15, 0.2) is 46.9 Å². The summed E-state index contributed by atoms with van der Waals surface area (Å²) in [6.07, 6.45) is 0.927. The standard InChI is InChI=1S/C22H22BrN5O2/c23-17-3-1-4-18(14-17)25-22-16(15-24)13-20-19(27-22)5-6-21(26-20)30-10-2-7-28-8-11-29-12-9-28/h1,3-6,13-14H,2,7-12H2,(H,25,27). The maximum absolute atomic E-state index is 9.57. The Balaban J connectivity index is 1.43. The predicted octanol–water partition coefficient (Wildman–Crippen LogP) is 4.11. The van der Waals surface area contributed by atoms with E-state index in [4.69, 9.17) is 9.47 Å². The van der Waals surface area contributed by atoms with E-state index in [1.54, 1.807) is 6.07 Å². The molecule has 1 saturated heterocycles. The molecule has 7 nitrogen and oxygen atoms in total. The first-order valence-corrected chi connectivity index (χ1v) is 10.7. The normalized spacial score (nSPS) is 14.4. The summed E-state index contributed by atoms with van der Waals surface area (Å²) in [5.41, 5.74) is 2.62. The number of fused-ring (bicyclic) bond motifs is 1. The van der Waals surface area contributed by atoms with E-state index in [1.165, 1.54) is 0 Å². The van der Waals surface area contributed by atoms with E-state index in [9.17, 15) is 5.26 Å².